The van der Waals surface area contributed by atoms with Crippen LogP contribution in [0.1, 0.15) is 23.6 Å². The molecule has 0 atom stereocenters. The minimum absolute atomic E-state index is 0.123. The Kier molecular flexibility index (Phi) is 5.42. The highest BCUT2D eigenvalue weighted by molar-refractivity contribution is 5.97. The fourth-order valence-corrected chi connectivity index (χ4v) is 4.41. The third kappa shape index (κ3) is 3.75. The van der Waals surface area contributed by atoms with Gasteiger partial charge in [-0.3, -0.25) is 9.89 Å². The lowest BCUT2D eigenvalue weighted by Gasteiger charge is -2.25. The van der Waals surface area contributed by atoms with Gasteiger partial charge >= 0.3 is 0 Å². The van der Waals surface area contributed by atoms with E-state index in [1.54, 1.807) is 6.21 Å². The van der Waals surface area contributed by atoms with Gasteiger partial charge in [0.15, 0.2) is 0 Å². The number of nitrogens with zero attached hydrogens (tertiary/aromatic N) is 3. The summed E-state index contributed by atoms with van der Waals surface area (Å²) in [5.74, 6) is 0. The Morgan fingerprint density at radius 1 is 1.09 bits per heavy atom. The molecular formula is C26H24N4O2. The molecule has 6 heteroatoms. The van der Waals surface area contributed by atoms with Gasteiger partial charge in [0.1, 0.15) is 6.61 Å². The first-order valence-electron chi connectivity index (χ1n) is 10.8. The minimum atomic E-state index is 0.123. The van der Waals surface area contributed by atoms with Gasteiger partial charge in [-0.15, -0.1) is 0 Å². The van der Waals surface area contributed by atoms with Gasteiger partial charge in [-0.05, 0) is 60.7 Å². The predicted molar refractivity (Wildman–Crippen MR) is 127 cm³/mol. The molecule has 1 aromatic heterocycles. The minimum Gasteiger partial charge on any atom is -0.396 e. The van der Waals surface area contributed by atoms with Crippen LogP contribution in [-0.4, -0.2) is 35.5 Å². The van der Waals surface area contributed by atoms with E-state index in [-0.39, 0.29) is 6.04 Å². The van der Waals surface area contributed by atoms with Crippen LogP contribution in [-0.2, 0) is 22.5 Å². The fraction of sp³-hybridized carbons (Fsp3) is 0.192. The predicted octanol–water partition coefficient (Wildman–Crippen LogP) is 4.73. The van der Waals surface area contributed by atoms with Crippen LogP contribution in [0.25, 0.3) is 22.2 Å². The Morgan fingerprint density at radius 2 is 1.91 bits per heavy atom. The molecule has 0 aliphatic heterocycles. The summed E-state index contributed by atoms with van der Waals surface area (Å²) in [5.41, 5.74) is 7.19. The number of aromatic nitrogens is 2. The molecule has 32 heavy (non-hydrogen) atoms. The van der Waals surface area contributed by atoms with Crippen LogP contribution in [0.3, 0.4) is 0 Å². The number of fused-ring (bicyclic) bond motifs is 2. The summed E-state index contributed by atoms with van der Waals surface area (Å²) in [6, 6.07) is 22.5. The molecule has 0 saturated heterocycles. The van der Waals surface area contributed by atoms with Crippen molar-refractivity contribution in [3.63, 3.8) is 0 Å². The lowest BCUT2D eigenvalue weighted by Crippen LogP contribution is -2.34. The molecule has 5 rings (SSSR count). The van der Waals surface area contributed by atoms with Crippen molar-refractivity contribution in [3.05, 3.63) is 83.4 Å². The average molecular weight is 425 g/mol. The van der Waals surface area contributed by atoms with Crippen LogP contribution in [0.5, 0.6) is 0 Å². The first kappa shape index (κ1) is 20.0. The molecule has 0 radical (unpaired) electrons. The zero-order valence-corrected chi connectivity index (χ0v) is 17.9. The van der Waals surface area contributed by atoms with Gasteiger partial charge in [0.05, 0.1) is 17.4 Å². The van der Waals surface area contributed by atoms with Crippen molar-refractivity contribution in [1.82, 2.24) is 10.2 Å². The molecule has 4 aromatic rings. The lowest BCUT2D eigenvalue weighted by molar-refractivity contribution is -0.107. The Balaban J connectivity index is 1.47. The van der Waals surface area contributed by atoms with Crippen molar-refractivity contribution in [3.8, 4) is 11.3 Å². The smallest absolute Gasteiger partial charge is 0.214 e. The van der Waals surface area contributed by atoms with Crippen LogP contribution >= 0.6 is 0 Å². The van der Waals surface area contributed by atoms with Crippen LogP contribution < -0.4 is 4.90 Å². The number of benzene rings is 3. The van der Waals surface area contributed by atoms with Crippen molar-refractivity contribution in [2.45, 2.75) is 25.8 Å². The van der Waals surface area contributed by atoms with E-state index in [9.17, 15) is 4.79 Å². The average Bonchev–Trinajstić information content (AvgIpc) is 3.44. The van der Waals surface area contributed by atoms with E-state index in [1.807, 2.05) is 54.3 Å². The molecule has 1 aliphatic rings. The summed E-state index contributed by atoms with van der Waals surface area (Å²) in [6.45, 7) is 2.43. The quantitative estimate of drug-likeness (QED) is 0.265. The van der Waals surface area contributed by atoms with Gasteiger partial charge < -0.3 is 9.74 Å². The monoisotopic (exact) mass is 424 g/mol. The maximum atomic E-state index is 12.1. The van der Waals surface area contributed by atoms with Crippen LogP contribution in [0.4, 0.5) is 5.69 Å². The number of hydrogen-bond donors (Lipinski definition) is 1. The number of amides is 1. The number of rotatable bonds is 7. The van der Waals surface area contributed by atoms with Crippen molar-refractivity contribution >= 4 is 29.2 Å². The first-order chi connectivity index (χ1) is 15.8. The molecule has 0 bridgehead atoms. The standard InChI is InChI=1S/C26H24N4O2/c1-2-32-27-16-18-10-11-25-24(12-18)26(29-28-25)21-8-5-9-22(15-21)30(17-31)23-13-19-6-3-4-7-20(19)14-23/h3-12,15-17,23H,2,13-14H2,1H3,(H,28,29). The van der Waals surface area contributed by atoms with E-state index in [0.717, 1.165) is 52.7 Å². The number of oxime groups is 1. The zero-order valence-electron chi connectivity index (χ0n) is 17.9. The second-order valence-corrected chi connectivity index (χ2v) is 7.92. The topological polar surface area (TPSA) is 70.6 Å². The Labute approximate surface area is 186 Å². The number of nitrogens with one attached hydrogen (secondary N) is 1. The van der Waals surface area contributed by atoms with E-state index in [1.165, 1.54) is 11.1 Å². The van der Waals surface area contributed by atoms with Crippen molar-refractivity contribution < 1.29 is 9.63 Å². The van der Waals surface area contributed by atoms with E-state index in [0.29, 0.717) is 6.61 Å². The molecule has 160 valence electrons. The summed E-state index contributed by atoms with van der Waals surface area (Å²) < 4.78 is 0. The van der Waals surface area contributed by atoms with E-state index >= 15 is 0 Å². The van der Waals surface area contributed by atoms with Gasteiger partial charge in [0.2, 0.25) is 6.41 Å². The second kappa shape index (κ2) is 8.67. The zero-order chi connectivity index (χ0) is 21.9. The number of aromatic amines is 1. The van der Waals surface area contributed by atoms with Crippen molar-refractivity contribution in [2.24, 2.45) is 5.16 Å². The maximum Gasteiger partial charge on any atom is 0.214 e. The van der Waals surface area contributed by atoms with Crippen LogP contribution in [0.2, 0.25) is 0 Å². The number of anilines is 1. The molecule has 1 amide bonds. The van der Waals surface area contributed by atoms with Gasteiger partial charge in [-0.25, -0.2) is 0 Å². The molecule has 0 spiro atoms. The number of hydrogen-bond acceptors (Lipinski definition) is 4. The highest BCUT2D eigenvalue weighted by Gasteiger charge is 2.27. The number of H-pyrrole nitrogens is 1. The van der Waals surface area contributed by atoms with Crippen LogP contribution in [0.15, 0.2) is 71.9 Å². The normalized spacial score (nSPS) is 13.5. The SMILES string of the molecule is CCON=Cc1ccc2[nH]nc(-c3cccc(N(C=O)C4Cc5ccccc5C4)c3)c2c1. The number of carbonyl (C=O) groups is 1. The molecule has 6 nitrogen and oxygen atoms in total. The van der Waals surface area contributed by atoms with E-state index in [4.69, 9.17) is 4.84 Å². The summed E-state index contributed by atoms with van der Waals surface area (Å²) in [7, 11) is 0. The summed E-state index contributed by atoms with van der Waals surface area (Å²) >= 11 is 0. The highest BCUT2D eigenvalue weighted by atomic mass is 16.6. The molecule has 3 aromatic carbocycles. The van der Waals surface area contributed by atoms with Gasteiger partial charge in [0, 0.05) is 22.7 Å². The van der Waals surface area contributed by atoms with Gasteiger partial charge in [0.25, 0.3) is 0 Å². The molecule has 1 heterocycles. The Hall–Kier alpha value is -3.93. The maximum absolute atomic E-state index is 12.1. The fourth-order valence-electron chi connectivity index (χ4n) is 4.41. The van der Waals surface area contributed by atoms with Crippen molar-refractivity contribution in [1.29, 1.82) is 0 Å². The second-order valence-electron chi connectivity index (χ2n) is 7.92. The first-order valence-corrected chi connectivity index (χ1v) is 10.8. The Morgan fingerprint density at radius 3 is 2.66 bits per heavy atom. The van der Waals surface area contributed by atoms with Gasteiger partial charge in [-0.1, -0.05) is 47.6 Å². The lowest BCUT2D eigenvalue weighted by atomic mass is 10.0. The van der Waals surface area contributed by atoms with E-state index < -0.39 is 0 Å². The highest BCUT2D eigenvalue weighted by Crippen LogP contribution is 2.32. The van der Waals surface area contributed by atoms with Gasteiger partial charge in [-0.2, -0.15) is 5.10 Å². The van der Waals surface area contributed by atoms with Crippen molar-refractivity contribution in [2.75, 3.05) is 11.5 Å². The molecular weight excluding hydrogens is 400 g/mol. The summed E-state index contributed by atoms with van der Waals surface area (Å²) in [5, 5.41) is 12.6. The molecule has 1 N–H and O–H groups in total. The molecule has 0 unspecified atom stereocenters. The molecule has 0 fully saturated rings. The largest absolute Gasteiger partial charge is 0.396 e. The summed E-state index contributed by atoms with van der Waals surface area (Å²) in [4.78, 5) is 19.0. The molecule has 1 aliphatic carbocycles. The third-order valence-corrected chi connectivity index (χ3v) is 5.95. The summed E-state index contributed by atoms with van der Waals surface area (Å²) in [6.07, 6.45) is 4.38. The van der Waals surface area contributed by atoms with E-state index in [2.05, 4.69) is 39.6 Å². The Bertz CT molecular complexity index is 1270. The van der Waals surface area contributed by atoms with Crippen LogP contribution in [0, 0.1) is 0 Å². The molecule has 0 saturated carbocycles. The number of carbonyl (C=O) groups excluding carboxylic acids is 1. The third-order valence-electron chi connectivity index (χ3n) is 5.95.